The number of carboxylic acids is 1. The molecule has 18 atom stereocenters. The Balaban J connectivity index is 1.83. The van der Waals surface area contributed by atoms with Crippen LogP contribution in [0.15, 0.2) is 85.1 Å². The summed E-state index contributed by atoms with van der Waals surface area (Å²) in [6.07, 6.45) is 7.94. The highest BCUT2D eigenvalue weighted by Gasteiger charge is 2.50. The van der Waals surface area contributed by atoms with E-state index in [0.29, 0.717) is 0 Å². The van der Waals surface area contributed by atoms with E-state index in [0.717, 1.165) is 0 Å². The Morgan fingerprint density at radius 1 is 0.688 bits per heavy atom. The molecule has 3 rings (SSSR count). The van der Waals surface area contributed by atoms with Crippen molar-refractivity contribution in [2.45, 2.75) is 177 Å². The number of nitrogens with two attached hydrogens (primary N) is 1. The van der Waals surface area contributed by atoms with Crippen molar-refractivity contribution in [1.29, 1.82) is 0 Å². The summed E-state index contributed by atoms with van der Waals surface area (Å²) in [5.74, 6) is -6.51. The van der Waals surface area contributed by atoms with Gasteiger partial charge in [-0.05, 0) is 46.0 Å². The molecule has 2 fully saturated rings. The molecule has 0 aromatic rings. The molecular weight excluding hydrogens is 835 g/mol. The van der Waals surface area contributed by atoms with Gasteiger partial charge >= 0.3 is 11.9 Å². The van der Waals surface area contributed by atoms with Crippen molar-refractivity contribution in [3.63, 3.8) is 0 Å². The molecule has 0 saturated carbocycles. The van der Waals surface area contributed by atoms with Crippen LogP contribution in [-0.2, 0) is 28.5 Å². The fourth-order valence-corrected chi connectivity index (χ4v) is 8.00. The number of hydrogen-bond acceptors (Lipinski definition) is 16. The average molecular weight is 908 g/mol. The van der Waals surface area contributed by atoms with E-state index >= 15 is 0 Å². The van der Waals surface area contributed by atoms with Crippen LogP contribution in [0.3, 0.4) is 0 Å². The minimum absolute atomic E-state index is 0.0524. The van der Waals surface area contributed by atoms with Gasteiger partial charge in [0.25, 0.3) is 0 Å². The van der Waals surface area contributed by atoms with Gasteiger partial charge in [0.15, 0.2) is 12.1 Å². The lowest BCUT2D eigenvalue weighted by Gasteiger charge is -2.45. The molecule has 2 bridgehead atoms. The smallest absolute Gasteiger partial charge is 0.311 e. The number of allylic oxidation sites excluding steroid dienone is 12. The van der Waals surface area contributed by atoms with Crippen molar-refractivity contribution in [1.82, 2.24) is 0 Å². The number of fused-ring (bicyclic) bond motifs is 2. The van der Waals surface area contributed by atoms with Crippen LogP contribution in [-0.4, -0.2) is 154 Å². The van der Waals surface area contributed by atoms with Crippen LogP contribution >= 0.6 is 0 Å². The fraction of sp³-hybridized carbons (Fsp3) is 0.660. The summed E-state index contributed by atoms with van der Waals surface area (Å²) in [7, 11) is 0. The molecule has 0 aliphatic carbocycles. The van der Waals surface area contributed by atoms with E-state index in [9.17, 15) is 60.7 Å². The number of carbonyl (C=O) groups is 2. The van der Waals surface area contributed by atoms with Crippen LogP contribution in [0.5, 0.6) is 0 Å². The Bertz CT molecular complexity index is 1630. The van der Waals surface area contributed by atoms with E-state index in [1.54, 1.807) is 69.4 Å². The van der Waals surface area contributed by atoms with E-state index in [1.807, 2.05) is 43.4 Å². The van der Waals surface area contributed by atoms with Gasteiger partial charge in [-0.25, -0.2) is 0 Å². The number of aliphatic hydroxyl groups excluding tert-OH is 8. The Morgan fingerprint density at radius 2 is 1.23 bits per heavy atom. The van der Waals surface area contributed by atoms with E-state index in [1.165, 1.54) is 0 Å². The van der Waals surface area contributed by atoms with Gasteiger partial charge in [-0.15, -0.1) is 0 Å². The minimum Gasteiger partial charge on any atom is -0.481 e. The molecule has 13 unspecified atom stereocenters. The van der Waals surface area contributed by atoms with Crippen molar-refractivity contribution < 1.29 is 79.6 Å². The third kappa shape index (κ3) is 18.5. The highest BCUT2D eigenvalue weighted by atomic mass is 16.7. The lowest BCUT2D eigenvalue weighted by molar-refractivity contribution is -0.308. The predicted molar refractivity (Wildman–Crippen MR) is 236 cm³/mol. The topological polar surface area (TPSA) is 299 Å². The van der Waals surface area contributed by atoms with E-state index < -0.39 is 134 Å². The average Bonchev–Trinajstić information content (AvgIpc) is 3.20. The fourth-order valence-electron chi connectivity index (χ4n) is 8.00. The summed E-state index contributed by atoms with van der Waals surface area (Å²) < 4.78 is 23.2. The molecule has 3 heterocycles. The lowest BCUT2D eigenvalue weighted by Crippen LogP contribution is -2.61. The number of aliphatic carboxylic acids is 1. The Hall–Kier alpha value is -3.40. The molecule has 0 spiro atoms. The molecule has 0 aromatic carbocycles. The van der Waals surface area contributed by atoms with Crippen LogP contribution < -0.4 is 5.73 Å². The standard InChI is InChI=1S/C47H73NO16/c1-28-18-15-13-11-9-7-5-6-8-10-12-14-16-21-36(63-46-44(57)41(48)43(56)31(4)62-46)25-38-40(45(58)59)37(53)27-47(60,64-38)26-33(50)20-17-19-32(49)22-34(51)23-35(52)24-39(54)61-30(3)29(2)42(28)55/h5-16,18,21,28-38,40-44,46,49-53,55-57,60H,17,19-20,22-27,48H2,1-4H3,(H,58,59)/b6-5+,9-7+,10-8+,13-11+,14-12+,18-15+,21-16+/t28-,29-,30-,31?,32?,33?,34?,35?,36?,37-,38?,40?,41?,42?,43?,44?,46?,47+/m0/s1. The molecule has 17 heteroatoms. The van der Waals surface area contributed by atoms with Gasteiger partial charge in [0.1, 0.15) is 18.1 Å². The van der Waals surface area contributed by atoms with Crippen molar-refractivity contribution in [3.05, 3.63) is 85.1 Å². The van der Waals surface area contributed by atoms with E-state index in [4.69, 9.17) is 24.7 Å². The SMILES string of the molecule is CC1OC(OC2/C=C/C=C/C=C/C=C/C=C/C=C/C=C/[C@H](C)C(O)[C@@H](C)[C@H](C)OC(=O)CC(O)CC(O)CC(O)CCCC(O)C[C@]3(O)C[C@H](O)C(C(=O)O)C(C2)O3)C(O)C(N)C1O. The summed E-state index contributed by atoms with van der Waals surface area (Å²) in [5, 5.41) is 107. The number of esters is 1. The van der Waals surface area contributed by atoms with Gasteiger partial charge in [0.05, 0.1) is 73.5 Å². The van der Waals surface area contributed by atoms with Crippen LogP contribution in [0.25, 0.3) is 0 Å². The predicted octanol–water partition coefficient (Wildman–Crippen LogP) is 1.74. The molecule has 17 nitrogen and oxygen atoms in total. The highest BCUT2D eigenvalue weighted by Crippen LogP contribution is 2.38. The van der Waals surface area contributed by atoms with Gasteiger partial charge in [-0.1, -0.05) is 98.9 Å². The van der Waals surface area contributed by atoms with Crippen molar-refractivity contribution >= 4 is 11.9 Å². The number of carbonyl (C=O) groups excluding carboxylic acids is 1. The zero-order valence-electron chi connectivity index (χ0n) is 37.3. The van der Waals surface area contributed by atoms with Crippen LogP contribution in [0.1, 0.15) is 85.5 Å². The highest BCUT2D eigenvalue weighted by molar-refractivity contribution is 5.71. The minimum atomic E-state index is -2.18. The molecule has 0 radical (unpaired) electrons. The van der Waals surface area contributed by atoms with E-state index in [2.05, 4.69) is 0 Å². The number of carboxylic acid groups (broad SMARTS) is 1. The van der Waals surface area contributed by atoms with Gasteiger partial charge in [-0.2, -0.15) is 0 Å². The molecule has 12 N–H and O–H groups in total. The van der Waals surface area contributed by atoms with Gasteiger partial charge in [0, 0.05) is 31.1 Å². The first-order chi connectivity index (χ1) is 30.2. The number of rotatable bonds is 3. The van der Waals surface area contributed by atoms with Crippen LogP contribution in [0.2, 0.25) is 0 Å². The van der Waals surface area contributed by atoms with Gasteiger partial charge < -0.3 is 75.7 Å². The maximum atomic E-state index is 12.6. The maximum Gasteiger partial charge on any atom is 0.311 e. The molecular formula is C47H73NO16. The van der Waals surface area contributed by atoms with Crippen molar-refractivity contribution in [3.8, 4) is 0 Å². The first-order valence-electron chi connectivity index (χ1n) is 22.2. The Morgan fingerprint density at radius 3 is 1.83 bits per heavy atom. The molecule has 2 saturated heterocycles. The summed E-state index contributed by atoms with van der Waals surface area (Å²) in [6.45, 7) is 6.81. The second-order valence-electron chi connectivity index (χ2n) is 17.4. The third-order valence-electron chi connectivity index (χ3n) is 11.9. The molecule has 362 valence electrons. The number of cyclic esters (lactones) is 1. The van der Waals surface area contributed by atoms with Crippen molar-refractivity contribution in [2.75, 3.05) is 0 Å². The molecule has 64 heavy (non-hydrogen) atoms. The summed E-state index contributed by atoms with van der Waals surface area (Å²) in [4.78, 5) is 25.1. The molecule has 3 aliphatic rings. The second kappa shape index (κ2) is 27.3. The maximum absolute atomic E-state index is 12.6. The molecule has 3 aliphatic heterocycles. The quantitative estimate of drug-likeness (QED) is 0.180. The Labute approximate surface area is 376 Å². The zero-order chi connectivity index (χ0) is 47.6. The van der Waals surface area contributed by atoms with Crippen LogP contribution in [0.4, 0.5) is 0 Å². The van der Waals surface area contributed by atoms with Gasteiger partial charge in [-0.3, -0.25) is 9.59 Å². The molecule has 0 amide bonds. The second-order valence-corrected chi connectivity index (χ2v) is 17.4. The van der Waals surface area contributed by atoms with Gasteiger partial charge in [0.2, 0.25) is 0 Å². The monoisotopic (exact) mass is 907 g/mol. The summed E-state index contributed by atoms with van der Waals surface area (Å²) >= 11 is 0. The summed E-state index contributed by atoms with van der Waals surface area (Å²) in [5.41, 5.74) is 6.03. The first-order valence-corrected chi connectivity index (χ1v) is 22.2. The lowest BCUT2D eigenvalue weighted by atomic mass is 9.83. The van der Waals surface area contributed by atoms with Crippen LogP contribution in [0, 0.1) is 17.8 Å². The largest absolute Gasteiger partial charge is 0.481 e. The number of ether oxygens (including phenoxy) is 4. The van der Waals surface area contributed by atoms with Crippen molar-refractivity contribution in [2.24, 2.45) is 23.5 Å². The van der Waals surface area contributed by atoms with E-state index in [-0.39, 0.29) is 44.4 Å². The molecule has 0 aromatic heterocycles. The number of hydrogen-bond donors (Lipinski definition) is 11. The number of aliphatic hydroxyl groups is 9. The first kappa shape index (κ1) is 54.9. The summed E-state index contributed by atoms with van der Waals surface area (Å²) in [6, 6.07) is -1.12. The normalized spacial score (nSPS) is 44.8. The zero-order valence-corrected chi connectivity index (χ0v) is 37.3. The Kier molecular flexibility index (Phi) is 23.4. The third-order valence-corrected chi connectivity index (χ3v) is 11.9.